The van der Waals surface area contributed by atoms with E-state index in [4.69, 9.17) is 4.74 Å². The number of ether oxygens (including phenoxy) is 1. The average molecular weight is 275 g/mol. The molecule has 19 heavy (non-hydrogen) atoms. The van der Waals surface area contributed by atoms with Gasteiger partial charge in [-0.2, -0.15) is 13.2 Å². The molecule has 0 aromatic heterocycles. The Bertz CT molecular complexity index is 476. The van der Waals surface area contributed by atoms with E-state index in [9.17, 15) is 18.0 Å². The fourth-order valence-electron chi connectivity index (χ4n) is 1.43. The van der Waals surface area contributed by atoms with Gasteiger partial charge in [0.1, 0.15) is 5.60 Å². The number of aryl methyl sites for hydroxylation is 1. The monoisotopic (exact) mass is 275 g/mol. The molecular weight excluding hydrogens is 259 g/mol. The van der Waals surface area contributed by atoms with Crippen LogP contribution in [0.3, 0.4) is 0 Å². The number of carbonyl (C=O) groups excluding carboxylic acids is 1. The molecule has 1 aromatic rings. The van der Waals surface area contributed by atoms with Crippen molar-refractivity contribution < 1.29 is 22.7 Å². The van der Waals surface area contributed by atoms with Gasteiger partial charge < -0.3 is 4.74 Å². The first-order valence-corrected chi connectivity index (χ1v) is 5.67. The number of nitrogens with one attached hydrogen (secondary N) is 1. The molecular formula is C13H16F3NO2. The predicted octanol–water partition coefficient (Wildman–Crippen LogP) is 4.36. The molecule has 3 nitrogen and oxygen atoms in total. The van der Waals surface area contributed by atoms with Crippen LogP contribution in [-0.4, -0.2) is 11.7 Å². The minimum Gasteiger partial charge on any atom is -0.444 e. The maximum absolute atomic E-state index is 12.7. The highest BCUT2D eigenvalue weighted by Gasteiger charge is 2.32. The summed E-state index contributed by atoms with van der Waals surface area (Å²) in [5.74, 6) is 0. The molecule has 0 saturated heterocycles. The largest absolute Gasteiger partial charge is 0.444 e. The first kappa shape index (κ1) is 15.3. The lowest BCUT2D eigenvalue weighted by molar-refractivity contribution is -0.138. The molecule has 106 valence electrons. The van der Waals surface area contributed by atoms with E-state index in [0.717, 1.165) is 6.07 Å². The van der Waals surface area contributed by atoms with E-state index in [-0.39, 0.29) is 11.3 Å². The van der Waals surface area contributed by atoms with Gasteiger partial charge in [-0.25, -0.2) is 4.79 Å². The first-order chi connectivity index (χ1) is 8.49. The molecule has 0 unspecified atom stereocenters. The third-order valence-corrected chi connectivity index (χ3v) is 2.19. The van der Waals surface area contributed by atoms with E-state index in [1.54, 1.807) is 20.8 Å². The van der Waals surface area contributed by atoms with Crippen molar-refractivity contribution in [3.63, 3.8) is 0 Å². The Balaban J connectivity index is 2.89. The Labute approximate surface area is 109 Å². The fourth-order valence-corrected chi connectivity index (χ4v) is 1.43. The highest BCUT2D eigenvalue weighted by Crippen LogP contribution is 2.33. The minimum atomic E-state index is -4.45. The van der Waals surface area contributed by atoms with Crippen LogP contribution in [0.2, 0.25) is 0 Å². The molecule has 0 heterocycles. The maximum Gasteiger partial charge on any atom is 0.416 e. The zero-order valence-electron chi connectivity index (χ0n) is 11.2. The van der Waals surface area contributed by atoms with E-state index in [1.165, 1.54) is 19.1 Å². The number of amides is 1. The Morgan fingerprint density at radius 1 is 1.21 bits per heavy atom. The second kappa shape index (κ2) is 5.11. The van der Waals surface area contributed by atoms with Crippen LogP contribution in [0.25, 0.3) is 0 Å². The molecule has 0 saturated carbocycles. The van der Waals surface area contributed by atoms with Gasteiger partial charge in [-0.15, -0.1) is 0 Å². The highest BCUT2D eigenvalue weighted by atomic mass is 19.4. The number of benzene rings is 1. The number of anilines is 1. The molecule has 0 spiro atoms. The summed E-state index contributed by atoms with van der Waals surface area (Å²) in [5.41, 5.74) is -1.34. The number of alkyl halides is 3. The average Bonchev–Trinajstić information content (AvgIpc) is 2.16. The van der Waals surface area contributed by atoms with Crippen LogP contribution < -0.4 is 5.32 Å². The van der Waals surface area contributed by atoms with E-state index < -0.39 is 23.4 Å². The summed E-state index contributed by atoms with van der Waals surface area (Å²) in [6.07, 6.45) is -5.24. The van der Waals surface area contributed by atoms with Crippen molar-refractivity contribution in [2.24, 2.45) is 0 Å². The zero-order valence-corrected chi connectivity index (χ0v) is 11.2. The molecule has 6 heteroatoms. The second-order valence-corrected chi connectivity index (χ2v) is 5.15. The topological polar surface area (TPSA) is 38.3 Å². The number of hydrogen-bond acceptors (Lipinski definition) is 2. The maximum atomic E-state index is 12.7. The summed E-state index contributed by atoms with van der Waals surface area (Å²) < 4.78 is 43.0. The van der Waals surface area contributed by atoms with E-state index in [0.29, 0.717) is 0 Å². The third-order valence-electron chi connectivity index (χ3n) is 2.19. The summed E-state index contributed by atoms with van der Waals surface area (Å²) in [5, 5.41) is 2.28. The standard InChI is InChI=1S/C13H16F3NO2/c1-8-5-6-9(7-10(8)13(14,15)16)17-11(18)19-12(2,3)4/h5-7H,1-4H3,(H,17,18). The quantitative estimate of drug-likeness (QED) is 0.827. The normalized spacial score (nSPS) is 12.2. The van der Waals surface area contributed by atoms with Gasteiger partial charge in [0.05, 0.1) is 5.56 Å². The highest BCUT2D eigenvalue weighted by molar-refractivity contribution is 5.85. The predicted molar refractivity (Wildman–Crippen MR) is 66.0 cm³/mol. The number of carbonyl (C=O) groups is 1. The van der Waals surface area contributed by atoms with E-state index in [2.05, 4.69) is 5.32 Å². The van der Waals surface area contributed by atoms with Gasteiger partial charge in [0, 0.05) is 5.69 Å². The molecule has 0 aliphatic rings. The first-order valence-electron chi connectivity index (χ1n) is 5.67. The summed E-state index contributed by atoms with van der Waals surface area (Å²) in [6.45, 7) is 6.37. The molecule has 1 amide bonds. The summed E-state index contributed by atoms with van der Waals surface area (Å²) in [6, 6.07) is 3.59. The van der Waals surface area contributed by atoms with Gasteiger partial charge >= 0.3 is 12.3 Å². The van der Waals surface area contributed by atoms with Gasteiger partial charge in [0.2, 0.25) is 0 Å². The van der Waals surface area contributed by atoms with E-state index in [1.807, 2.05) is 0 Å². The lowest BCUT2D eigenvalue weighted by Crippen LogP contribution is -2.27. The lowest BCUT2D eigenvalue weighted by Gasteiger charge is -2.20. The molecule has 0 aliphatic heterocycles. The van der Waals surface area contributed by atoms with Crippen LogP contribution in [-0.2, 0) is 10.9 Å². The van der Waals surface area contributed by atoms with Crippen molar-refractivity contribution >= 4 is 11.8 Å². The van der Waals surface area contributed by atoms with Crippen molar-refractivity contribution in [3.8, 4) is 0 Å². The number of rotatable bonds is 1. The molecule has 0 atom stereocenters. The molecule has 0 radical (unpaired) electrons. The summed E-state index contributed by atoms with van der Waals surface area (Å²) >= 11 is 0. The van der Waals surface area contributed by atoms with Crippen molar-refractivity contribution in [2.75, 3.05) is 5.32 Å². The molecule has 1 N–H and O–H groups in total. The van der Waals surface area contributed by atoms with Gasteiger partial charge in [-0.1, -0.05) is 6.07 Å². The SMILES string of the molecule is Cc1ccc(NC(=O)OC(C)(C)C)cc1C(F)(F)F. The van der Waals surface area contributed by atoms with Crippen LogP contribution in [0.4, 0.5) is 23.7 Å². The lowest BCUT2D eigenvalue weighted by atomic mass is 10.1. The Kier molecular flexibility index (Phi) is 4.12. The Morgan fingerprint density at radius 3 is 2.26 bits per heavy atom. The number of halogens is 3. The van der Waals surface area contributed by atoms with Crippen LogP contribution in [0.1, 0.15) is 31.9 Å². The molecule has 1 rings (SSSR count). The van der Waals surface area contributed by atoms with Crippen molar-refractivity contribution in [1.29, 1.82) is 0 Å². The zero-order chi connectivity index (χ0) is 14.8. The van der Waals surface area contributed by atoms with Crippen molar-refractivity contribution in [2.45, 2.75) is 39.5 Å². The van der Waals surface area contributed by atoms with Gasteiger partial charge in [-0.05, 0) is 45.4 Å². The fraction of sp³-hybridized carbons (Fsp3) is 0.462. The Morgan fingerprint density at radius 2 is 1.79 bits per heavy atom. The minimum absolute atomic E-state index is 0.0483. The van der Waals surface area contributed by atoms with Crippen molar-refractivity contribution in [1.82, 2.24) is 0 Å². The van der Waals surface area contributed by atoms with E-state index >= 15 is 0 Å². The van der Waals surface area contributed by atoms with Crippen LogP contribution >= 0.6 is 0 Å². The van der Waals surface area contributed by atoms with Crippen LogP contribution in [0, 0.1) is 6.92 Å². The van der Waals surface area contributed by atoms with Gasteiger partial charge in [-0.3, -0.25) is 5.32 Å². The third kappa shape index (κ3) is 4.81. The van der Waals surface area contributed by atoms with Crippen molar-refractivity contribution in [3.05, 3.63) is 29.3 Å². The summed E-state index contributed by atoms with van der Waals surface area (Å²) in [7, 11) is 0. The Hall–Kier alpha value is -1.72. The van der Waals surface area contributed by atoms with Gasteiger partial charge in [0.25, 0.3) is 0 Å². The second-order valence-electron chi connectivity index (χ2n) is 5.15. The van der Waals surface area contributed by atoms with Crippen LogP contribution in [0.5, 0.6) is 0 Å². The van der Waals surface area contributed by atoms with Gasteiger partial charge in [0.15, 0.2) is 0 Å². The molecule has 0 aliphatic carbocycles. The molecule has 0 fully saturated rings. The van der Waals surface area contributed by atoms with Crippen LogP contribution in [0.15, 0.2) is 18.2 Å². The summed E-state index contributed by atoms with van der Waals surface area (Å²) in [4.78, 5) is 11.5. The number of hydrogen-bond donors (Lipinski definition) is 1. The molecule has 0 bridgehead atoms. The molecule has 1 aromatic carbocycles. The smallest absolute Gasteiger partial charge is 0.416 e.